The Balaban J connectivity index is 1.99. The van der Waals surface area contributed by atoms with Gasteiger partial charge in [0.05, 0.1) is 6.54 Å². The average molecular weight is 296 g/mol. The van der Waals surface area contributed by atoms with Crippen molar-refractivity contribution in [3.63, 3.8) is 0 Å². The van der Waals surface area contributed by atoms with E-state index < -0.39 is 0 Å². The number of hydrogen-bond donors (Lipinski definition) is 2. The topological polar surface area (TPSA) is 94.0 Å². The van der Waals surface area contributed by atoms with Crippen LogP contribution in [0.25, 0.3) is 11.2 Å². The molecule has 0 aliphatic rings. The van der Waals surface area contributed by atoms with E-state index in [-0.39, 0.29) is 18.1 Å². The van der Waals surface area contributed by atoms with Crippen molar-refractivity contribution in [2.45, 2.75) is 19.4 Å². The van der Waals surface area contributed by atoms with Crippen molar-refractivity contribution >= 4 is 17.1 Å². The number of pyridine rings is 1. The number of aryl methyl sites for hydroxylation is 1. The molecule has 0 aliphatic carbocycles. The fourth-order valence-electron chi connectivity index (χ4n) is 2.38. The van der Waals surface area contributed by atoms with Gasteiger partial charge >= 0.3 is 0 Å². The third-order valence-electron chi connectivity index (χ3n) is 3.45. The minimum Gasteiger partial charge on any atom is -0.508 e. The van der Waals surface area contributed by atoms with Gasteiger partial charge in [0.25, 0.3) is 0 Å². The fourth-order valence-corrected chi connectivity index (χ4v) is 2.38. The first-order chi connectivity index (χ1) is 10.6. The predicted molar refractivity (Wildman–Crippen MR) is 82.3 cm³/mol. The number of aromatic nitrogens is 3. The maximum Gasteiger partial charge on any atom is 0.217 e. The zero-order chi connectivity index (χ0) is 15.5. The first kappa shape index (κ1) is 14.1. The molecule has 3 rings (SSSR count). The van der Waals surface area contributed by atoms with Crippen LogP contribution in [0, 0.1) is 0 Å². The molecule has 3 aromatic rings. The van der Waals surface area contributed by atoms with Gasteiger partial charge in [-0.2, -0.15) is 0 Å². The van der Waals surface area contributed by atoms with Crippen LogP contribution in [-0.2, 0) is 17.8 Å². The van der Waals surface area contributed by atoms with Crippen molar-refractivity contribution < 1.29 is 9.90 Å². The Hall–Kier alpha value is -2.89. The zero-order valence-corrected chi connectivity index (χ0v) is 11.9. The van der Waals surface area contributed by atoms with E-state index in [0.717, 1.165) is 22.6 Å². The highest BCUT2D eigenvalue weighted by atomic mass is 16.3. The molecule has 0 aliphatic heterocycles. The Labute approximate surface area is 127 Å². The number of amides is 1. The highest BCUT2D eigenvalue weighted by Gasteiger charge is 2.12. The Morgan fingerprint density at radius 3 is 2.73 bits per heavy atom. The number of imidazole rings is 1. The molecule has 0 radical (unpaired) electrons. The van der Waals surface area contributed by atoms with E-state index in [0.29, 0.717) is 13.0 Å². The second-order valence-electron chi connectivity index (χ2n) is 5.09. The lowest BCUT2D eigenvalue weighted by atomic mass is 10.2. The summed E-state index contributed by atoms with van der Waals surface area (Å²) in [6.07, 6.45) is 2.44. The SMILES string of the molecule is NC(=O)CCc1nc2cccnc2n1Cc1ccc(O)cc1. The summed E-state index contributed by atoms with van der Waals surface area (Å²) in [6, 6.07) is 10.7. The molecule has 1 amide bonds. The molecule has 0 saturated heterocycles. The molecule has 0 bridgehead atoms. The summed E-state index contributed by atoms with van der Waals surface area (Å²) < 4.78 is 1.98. The first-order valence-corrected chi connectivity index (χ1v) is 7.00. The van der Waals surface area contributed by atoms with E-state index in [4.69, 9.17) is 5.73 Å². The maximum absolute atomic E-state index is 11.0. The Morgan fingerprint density at radius 2 is 2.00 bits per heavy atom. The van der Waals surface area contributed by atoms with Crippen molar-refractivity contribution in [3.8, 4) is 5.75 Å². The van der Waals surface area contributed by atoms with Crippen LogP contribution < -0.4 is 5.73 Å². The van der Waals surface area contributed by atoms with Crippen LogP contribution >= 0.6 is 0 Å². The van der Waals surface area contributed by atoms with Gasteiger partial charge in [-0.3, -0.25) is 4.79 Å². The zero-order valence-electron chi connectivity index (χ0n) is 11.9. The molecule has 0 unspecified atom stereocenters. The van der Waals surface area contributed by atoms with E-state index in [1.165, 1.54) is 0 Å². The molecule has 112 valence electrons. The predicted octanol–water partition coefficient (Wildman–Crippen LogP) is 1.60. The number of carbonyl (C=O) groups is 1. The lowest BCUT2D eigenvalue weighted by molar-refractivity contribution is -0.118. The maximum atomic E-state index is 11.0. The number of fused-ring (bicyclic) bond motifs is 1. The van der Waals surface area contributed by atoms with Gasteiger partial charge in [-0.1, -0.05) is 12.1 Å². The van der Waals surface area contributed by atoms with Crippen molar-refractivity contribution in [3.05, 3.63) is 54.0 Å². The molecule has 0 saturated carbocycles. The number of phenolic OH excluding ortho intramolecular Hbond substituents is 1. The van der Waals surface area contributed by atoms with Crippen molar-refractivity contribution in [1.29, 1.82) is 0 Å². The number of carbonyl (C=O) groups excluding carboxylic acids is 1. The normalized spacial score (nSPS) is 10.9. The lowest BCUT2D eigenvalue weighted by Crippen LogP contribution is -2.14. The van der Waals surface area contributed by atoms with Crippen LogP contribution in [0.4, 0.5) is 0 Å². The third kappa shape index (κ3) is 2.90. The van der Waals surface area contributed by atoms with E-state index in [2.05, 4.69) is 9.97 Å². The van der Waals surface area contributed by atoms with Gasteiger partial charge in [0, 0.05) is 19.0 Å². The standard InChI is InChI=1S/C16H16N4O2/c17-14(22)7-8-15-19-13-2-1-9-18-16(13)20(15)10-11-3-5-12(21)6-4-11/h1-6,9,21H,7-8,10H2,(H2,17,22). The number of aromatic hydroxyl groups is 1. The summed E-state index contributed by atoms with van der Waals surface area (Å²) in [4.78, 5) is 20.0. The van der Waals surface area contributed by atoms with Gasteiger partial charge in [0.1, 0.15) is 17.1 Å². The summed E-state index contributed by atoms with van der Waals surface area (Å²) in [5.41, 5.74) is 7.82. The van der Waals surface area contributed by atoms with Crippen LogP contribution in [0.2, 0.25) is 0 Å². The minimum atomic E-state index is -0.351. The summed E-state index contributed by atoms with van der Waals surface area (Å²) in [7, 11) is 0. The van der Waals surface area contributed by atoms with E-state index in [9.17, 15) is 9.90 Å². The van der Waals surface area contributed by atoms with Crippen molar-refractivity contribution in [2.75, 3.05) is 0 Å². The summed E-state index contributed by atoms with van der Waals surface area (Å²) >= 11 is 0. The summed E-state index contributed by atoms with van der Waals surface area (Å²) in [5, 5.41) is 9.37. The van der Waals surface area contributed by atoms with Gasteiger partial charge in [0.15, 0.2) is 5.65 Å². The second kappa shape index (κ2) is 5.85. The Morgan fingerprint density at radius 1 is 1.23 bits per heavy atom. The van der Waals surface area contributed by atoms with Gasteiger partial charge in [-0.15, -0.1) is 0 Å². The smallest absolute Gasteiger partial charge is 0.217 e. The summed E-state index contributed by atoms with van der Waals surface area (Å²) in [6.45, 7) is 0.571. The van der Waals surface area contributed by atoms with Gasteiger partial charge in [-0.05, 0) is 29.8 Å². The fraction of sp³-hybridized carbons (Fsp3) is 0.188. The van der Waals surface area contributed by atoms with Crippen LogP contribution in [0.3, 0.4) is 0 Å². The minimum absolute atomic E-state index is 0.228. The van der Waals surface area contributed by atoms with Crippen LogP contribution in [0.5, 0.6) is 5.75 Å². The molecule has 6 heteroatoms. The number of rotatable bonds is 5. The highest BCUT2D eigenvalue weighted by molar-refractivity contribution is 5.74. The molecule has 3 N–H and O–H groups in total. The molecule has 2 aromatic heterocycles. The molecule has 1 aromatic carbocycles. The molecular formula is C16H16N4O2. The first-order valence-electron chi connectivity index (χ1n) is 7.00. The van der Waals surface area contributed by atoms with Crippen LogP contribution in [0.1, 0.15) is 17.8 Å². The summed E-state index contributed by atoms with van der Waals surface area (Å²) in [5.74, 6) is 0.656. The van der Waals surface area contributed by atoms with Crippen LogP contribution in [-0.4, -0.2) is 25.5 Å². The number of primary amides is 1. The van der Waals surface area contributed by atoms with Crippen molar-refractivity contribution in [2.24, 2.45) is 5.73 Å². The Kier molecular flexibility index (Phi) is 3.74. The average Bonchev–Trinajstić information content (AvgIpc) is 2.85. The molecule has 0 atom stereocenters. The number of hydrogen-bond acceptors (Lipinski definition) is 4. The second-order valence-corrected chi connectivity index (χ2v) is 5.09. The molecular weight excluding hydrogens is 280 g/mol. The lowest BCUT2D eigenvalue weighted by Gasteiger charge is -2.08. The van der Waals surface area contributed by atoms with Crippen molar-refractivity contribution in [1.82, 2.24) is 14.5 Å². The quantitative estimate of drug-likeness (QED) is 0.747. The van der Waals surface area contributed by atoms with Gasteiger partial charge < -0.3 is 15.4 Å². The molecule has 6 nitrogen and oxygen atoms in total. The van der Waals surface area contributed by atoms with E-state index >= 15 is 0 Å². The number of benzene rings is 1. The largest absolute Gasteiger partial charge is 0.508 e. The van der Waals surface area contributed by atoms with E-state index in [1.807, 2.05) is 28.8 Å². The monoisotopic (exact) mass is 296 g/mol. The molecule has 0 spiro atoms. The van der Waals surface area contributed by atoms with Crippen LogP contribution in [0.15, 0.2) is 42.6 Å². The molecule has 22 heavy (non-hydrogen) atoms. The molecule has 2 heterocycles. The van der Waals surface area contributed by atoms with Gasteiger partial charge in [-0.25, -0.2) is 9.97 Å². The molecule has 0 fully saturated rings. The highest BCUT2D eigenvalue weighted by Crippen LogP contribution is 2.18. The number of phenols is 1. The Bertz CT molecular complexity index is 809. The third-order valence-corrected chi connectivity index (χ3v) is 3.45. The number of nitrogens with zero attached hydrogens (tertiary/aromatic N) is 3. The van der Waals surface area contributed by atoms with Gasteiger partial charge in [0.2, 0.25) is 5.91 Å². The van der Waals surface area contributed by atoms with E-state index in [1.54, 1.807) is 18.3 Å². The number of nitrogens with two attached hydrogens (primary N) is 1.